The average Bonchev–Trinajstić information content (AvgIpc) is 2.10. The van der Waals surface area contributed by atoms with Crippen LogP contribution in [-0.2, 0) is 6.54 Å². The number of hydrogen-bond donors (Lipinski definition) is 1. The fraction of sp³-hybridized carbons (Fsp3) is 0.333. The first-order valence-electron chi connectivity index (χ1n) is 4.10. The lowest BCUT2D eigenvalue weighted by atomic mass is 10.2. The third-order valence-corrected chi connectivity index (χ3v) is 2.53. The highest BCUT2D eigenvalue weighted by Crippen LogP contribution is 2.25. The van der Waals surface area contributed by atoms with Crippen LogP contribution in [0.15, 0.2) is 18.2 Å². The largest absolute Gasteiger partial charge is 0.401 e. The molecule has 0 heterocycles. The van der Waals surface area contributed by atoms with Gasteiger partial charge in [0.15, 0.2) is 0 Å². The highest BCUT2D eigenvalue weighted by Gasteiger charge is 2.26. The summed E-state index contributed by atoms with van der Waals surface area (Å²) in [5, 5.41) is 2.86. The van der Waals surface area contributed by atoms with Crippen molar-refractivity contribution in [2.24, 2.45) is 0 Å². The van der Waals surface area contributed by atoms with E-state index in [9.17, 15) is 13.2 Å². The number of benzene rings is 1. The van der Waals surface area contributed by atoms with Gasteiger partial charge in [-0.1, -0.05) is 35.3 Å². The molecule has 0 aliphatic heterocycles. The fourth-order valence-electron chi connectivity index (χ4n) is 1.02. The van der Waals surface area contributed by atoms with Gasteiger partial charge in [0.05, 0.1) is 16.6 Å². The first-order valence-corrected chi connectivity index (χ1v) is 4.86. The summed E-state index contributed by atoms with van der Waals surface area (Å²) < 4.78 is 35.4. The third-order valence-electron chi connectivity index (χ3n) is 1.67. The Labute approximate surface area is 95.2 Å². The molecule has 0 radical (unpaired) electrons. The maximum atomic E-state index is 11.8. The van der Waals surface area contributed by atoms with Crippen molar-refractivity contribution in [2.75, 3.05) is 6.54 Å². The van der Waals surface area contributed by atoms with Crippen LogP contribution in [-0.4, -0.2) is 12.7 Å². The molecule has 0 aliphatic carbocycles. The SMILES string of the molecule is FC(F)(F)CNCc1cccc(Cl)c1Cl. The first-order chi connectivity index (χ1) is 6.90. The molecular weight excluding hydrogens is 250 g/mol. The minimum absolute atomic E-state index is 0.0406. The van der Waals surface area contributed by atoms with Gasteiger partial charge < -0.3 is 5.32 Å². The van der Waals surface area contributed by atoms with Crippen LogP contribution in [0.2, 0.25) is 10.0 Å². The summed E-state index contributed by atoms with van der Waals surface area (Å²) in [6.45, 7) is -1.01. The standard InChI is InChI=1S/C9H8Cl2F3N/c10-7-3-1-2-6(8(7)11)4-15-5-9(12,13)14/h1-3,15H,4-5H2. The predicted octanol–water partition coefficient (Wildman–Crippen LogP) is 3.65. The van der Waals surface area contributed by atoms with Crippen molar-refractivity contribution in [1.29, 1.82) is 0 Å². The van der Waals surface area contributed by atoms with E-state index in [0.29, 0.717) is 10.6 Å². The van der Waals surface area contributed by atoms with E-state index in [2.05, 4.69) is 5.32 Å². The third kappa shape index (κ3) is 4.28. The lowest BCUT2D eigenvalue weighted by Gasteiger charge is -2.09. The second-order valence-electron chi connectivity index (χ2n) is 2.93. The van der Waals surface area contributed by atoms with E-state index in [1.807, 2.05) is 0 Å². The molecule has 0 atom stereocenters. The van der Waals surface area contributed by atoms with E-state index < -0.39 is 12.7 Å². The molecule has 0 aliphatic rings. The van der Waals surface area contributed by atoms with Gasteiger partial charge in [-0.05, 0) is 11.6 Å². The number of rotatable bonds is 3. The summed E-state index contributed by atoms with van der Waals surface area (Å²) >= 11 is 11.5. The molecule has 1 aromatic rings. The molecule has 0 spiro atoms. The Hall–Kier alpha value is -0.450. The van der Waals surface area contributed by atoms with Gasteiger partial charge in [0.2, 0.25) is 0 Å². The molecule has 0 saturated heterocycles. The van der Waals surface area contributed by atoms with Crippen LogP contribution in [0.3, 0.4) is 0 Å². The maximum absolute atomic E-state index is 11.8. The van der Waals surface area contributed by atoms with E-state index >= 15 is 0 Å². The van der Waals surface area contributed by atoms with Crippen molar-refractivity contribution in [3.8, 4) is 0 Å². The van der Waals surface area contributed by atoms with E-state index in [1.165, 1.54) is 0 Å². The van der Waals surface area contributed by atoms with E-state index in [-0.39, 0.29) is 11.6 Å². The van der Waals surface area contributed by atoms with Crippen molar-refractivity contribution in [3.63, 3.8) is 0 Å². The molecule has 6 heteroatoms. The van der Waals surface area contributed by atoms with Gasteiger partial charge in [0, 0.05) is 6.54 Å². The van der Waals surface area contributed by atoms with Gasteiger partial charge in [-0.2, -0.15) is 13.2 Å². The molecule has 84 valence electrons. The summed E-state index contributed by atoms with van der Waals surface area (Å²) in [5.41, 5.74) is 0.549. The Morgan fingerprint density at radius 1 is 1.20 bits per heavy atom. The molecule has 15 heavy (non-hydrogen) atoms. The van der Waals surface area contributed by atoms with Gasteiger partial charge in [-0.15, -0.1) is 0 Å². The molecule has 0 fully saturated rings. The van der Waals surface area contributed by atoms with E-state index in [0.717, 1.165) is 0 Å². The zero-order valence-corrected chi connectivity index (χ0v) is 9.05. The number of nitrogens with one attached hydrogen (secondary N) is 1. The smallest absolute Gasteiger partial charge is 0.305 e. The van der Waals surface area contributed by atoms with Crippen LogP contribution < -0.4 is 5.32 Å². The summed E-state index contributed by atoms with van der Waals surface area (Å²) in [6, 6.07) is 4.84. The minimum atomic E-state index is -4.22. The minimum Gasteiger partial charge on any atom is -0.305 e. The van der Waals surface area contributed by atoms with Crippen LogP contribution in [0.4, 0.5) is 13.2 Å². The number of hydrogen-bond acceptors (Lipinski definition) is 1. The molecular formula is C9H8Cl2F3N. The van der Waals surface area contributed by atoms with Crippen molar-refractivity contribution < 1.29 is 13.2 Å². The average molecular weight is 258 g/mol. The van der Waals surface area contributed by atoms with Crippen molar-refractivity contribution in [2.45, 2.75) is 12.7 Å². The van der Waals surface area contributed by atoms with Gasteiger partial charge in [-0.25, -0.2) is 0 Å². The second-order valence-corrected chi connectivity index (χ2v) is 3.72. The summed E-state index contributed by atoms with van der Waals surface area (Å²) in [4.78, 5) is 0. The lowest BCUT2D eigenvalue weighted by Crippen LogP contribution is -2.28. The molecule has 0 amide bonds. The Bertz CT molecular complexity index is 339. The number of alkyl halides is 3. The zero-order valence-electron chi connectivity index (χ0n) is 7.54. The predicted molar refractivity (Wildman–Crippen MR) is 54.2 cm³/mol. The highest BCUT2D eigenvalue weighted by atomic mass is 35.5. The Morgan fingerprint density at radius 2 is 1.87 bits per heavy atom. The monoisotopic (exact) mass is 257 g/mol. The van der Waals surface area contributed by atoms with Crippen LogP contribution in [0.1, 0.15) is 5.56 Å². The topological polar surface area (TPSA) is 12.0 Å². The van der Waals surface area contributed by atoms with E-state index in [4.69, 9.17) is 23.2 Å². The Balaban J connectivity index is 2.55. The fourth-order valence-corrected chi connectivity index (χ4v) is 1.41. The van der Waals surface area contributed by atoms with Gasteiger partial charge in [0.1, 0.15) is 0 Å². The molecule has 1 nitrogen and oxygen atoms in total. The molecule has 1 N–H and O–H groups in total. The van der Waals surface area contributed by atoms with Crippen molar-refractivity contribution >= 4 is 23.2 Å². The summed E-state index contributed by atoms with van der Waals surface area (Å²) in [7, 11) is 0. The maximum Gasteiger partial charge on any atom is 0.401 e. The molecule has 1 aromatic carbocycles. The second kappa shape index (κ2) is 5.05. The van der Waals surface area contributed by atoms with Crippen LogP contribution in [0, 0.1) is 0 Å². The van der Waals surface area contributed by atoms with Crippen LogP contribution in [0.5, 0.6) is 0 Å². The Kier molecular flexibility index (Phi) is 4.25. The molecule has 0 bridgehead atoms. The van der Waals surface area contributed by atoms with Gasteiger partial charge >= 0.3 is 6.18 Å². The lowest BCUT2D eigenvalue weighted by molar-refractivity contribution is -0.125. The highest BCUT2D eigenvalue weighted by molar-refractivity contribution is 6.42. The summed E-state index contributed by atoms with van der Waals surface area (Å²) in [6.07, 6.45) is -4.22. The quantitative estimate of drug-likeness (QED) is 0.872. The van der Waals surface area contributed by atoms with Crippen LogP contribution >= 0.6 is 23.2 Å². The van der Waals surface area contributed by atoms with E-state index in [1.54, 1.807) is 18.2 Å². The molecule has 1 rings (SSSR count). The van der Waals surface area contributed by atoms with Gasteiger partial charge in [0.25, 0.3) is 0 Å². The van der Waals surface area contributed by atoms with Crippen molar-refractivity contribution in [3.05, 3.63) is 33.8 Å². The number of halogens is 5. The first kappa shape index (κ1) is 12.6. The molecule has 0 unspecified atom stereocenters. The molecule has 0 aromatic heterocycles. The van der Waals surface area contributed by atoms with Crippen molar-refractivity contribution in [1.82, 2.24) is 5.32 Å². The zero-order chi connectivity index (χ0) is 11.5. The summed E-state index contributed by atoms with van der Waals surface area (Å²) in [5.74, 6) is 0. The Morgan fingerprint density at radius 3 is 2.47 bits per heavy atom. The van der Waals surface area contributed by atoms with Crippen LogP contribution in [0.25, 0.3) is 0 Å². The normalized spacial score (nSPS) is 11.8. The van der Waals surface area contributed by atoms with Gasteiger partial charge in [-0.3, -0.25) is 0 Å². The molecule has 0 saturated carbocycles.